The van der Waals surface area contributed by atoms with Gasteiger partial charge in [-0.3, -0.25) is 9.78 Å². The number of hydrogen-bond donors (Lipinski definition) is 1. The Hall–Kier alpha value is -1.88. The summed E-state index contributed by atoms with van der Waals surface area (Å²) in [5, 5.41) is 3.67. The Balaban J connectivity index is 1.77. The summed E-state index contributed by atoms with van der Waals surface area (Å²) in [5.74, 6) is -0.131. The quantitative estimate of drug-likeness (QED) is 0.595. The van der Waals surface area contributed by atoms with E-state index in [-0.39, 0.29) is 5.97 Å². The maximum atomic E-state index is 11.2. The molecule has 3 rings (SSSR count). The molecular formula is C19H27N3O2. The standard InChI is InChI=1S/C19H27N3O2/c1-13-9-10-20-18-16(14(2)21-15-7-8-15)12-22(19(13)18)11-5-4-6-17(23)24-3/h9-10,12,14-15,21H,4-8,11H2,1-3H3. The largest absolute Gasteiger partial charge is 0.469 e. The fourth-order valence-electron chi connectivity index (χ4n) is 3.26. The molecule has 1 fully saturated rings. The molecule has 130 valence electrons. The van der Waals surface area contributed by atoms with Gasteiger partial charge in [-0.05, 0) is 51.2 Å². The molecule has 1 aliphatic rings. The van der Waals surface area contributed by atoms with Gasteiger partial charge in [-0.1, -0.05) is 0 Å². The van der Waals surface area contributed by atoms with Crippen molar-refractivity contribution in [2.45, 2.75) is 64.6 Å². The number of hydrogen-bond acceptors (Lipinski definition) is 4. The normalized spacial score (nSPS) is 15.6. The van der Waals surface area contributed by atoms with Crippen LogP contribution in [0.2, 0.25) is 0 Å². The number of nitrogens with one attached hydrogen (secondary N) is 1. The summed E-state index contributed by atoms with van der Waals surface area (Å²) >= 11 is 0. The van der Waals surface area contributed by atoms with Crippen molar-refractivity contribution in [2.75, 3.05) is 7.11 Å². The molecular weight excluding hydrogens is 302 g/mol. The molecule has 1 N–H and O–H groups in total. The molecule has 0 radical (unpaired) electrons. The monoisotopic (exact) mass is 329 g/mol. The number of carbonyl (C=O) groups is 1. The Morgan fingerprint density at radius 2 is 2.25 bits per heavy atom. The summed E-state index contributed by atoms with van der Waals surface area (Å²) in [6, 6.07) is 3.05. The molecule has 0 spiro atoms. The highest BCUT2D eigenvalue weighted by Crippen LogP contribution is 2.30. The maximum Gasteiger partial charge on any atom is 0.305 e. The Bertz CT molecular complexity index is 719. The molecule has 1 saturated carbocycles. The van der Waals surface area contributed by atoms with Gasteiger partial charge in [0.25, 0.3) is 0 Å². The topological polar surface area (TPSA) is 56.1 Å². The third-order valence-corrected chi connectivity index (χ3v) is 4.77. The van der Waals surface area contributed by atoms with Crippen LogP contribution in [0, 0.1) is 6.92 Å². The van der Waals surface area contributed by atoms with Crippen LogP contribution in [-0.4, -0.2) is 28.7 Å². The predicted octanol–water partition coefficient (Wildman–Crippen LogP) is 3.50. The van der Waals surface area contributed by atoms with Gasteiger partial charge in [0.05, 0.1) is 18.1 Å². The van der Waals surface area contributed by atoms with Crippen LogP contribution in [0.1, 0.15) is 56.2 Å². The minimum Gasteiger partial charge on any atom is -0.469 e. The highest BCUT2D eigenvalue weighted by molar-refractivity contribution is 5.83. The molecule has 2 aromatic heterocycles. The first kappa shape index (κ1) is 17.0. The molecule has 5 nitrogen and oxygen atoms in total. The number of aromatic nitrogens is 2. The number of aryl methyl sites for hydroxylation is 2. The van der Waals surface area contributed by atoms with Crippen molar-refractivity contribution in [1.29, 1.82) is 0 Å². The fourth-order valence-corrected chi connectivity index (χ4v) is 3.26. The smallest absolute Gasteiger partial charge is 0.305 e. The molecule has 1 aliphatic carbocycles. The van der Waals surface area contributed by atoms with E-state index in [2.05, 4.69) is 41.0 Å². The lowest BCUT2D eigenvalue weighted by molar-refractivity contribution is -0.140. The Morgan fingerprint density at radius 3 is 2.96 bits per heavy atom. The third kappa shape index (κ3) is 3.78. The molecule has 24 heavy (non-hydrogen) atoms. The van der Waals surface area contributed by atoms with Gasteiger partial charge in [-0.2, -0.15) is 0 Å². The van der Waals surface area contributed by atoms with Gasteiger partial charge in [0, 0.05) is 43.0 Å². The maximum absolute atomic E-state index is 11.2. The van der Waals surface area contributed by atoms with Gasteiger partial charge >= 0.3 is 5.97 Å². The van der Waals surface area contributed by atoms with Gasteiger partial charge in [-0.15, -0.1) is 0 Å². The lowest BCUT2D eigenvalue weighted by Crippen LogP contribution is -2.20. The second kappa shape index (κ2) is 7.34. The Morgan fingerprint density at radius 1 is 1.46 bits per heavy atom. The van der Waals surface area contributed by atoms with E-state index in [1.54, 1.807) is 0 Å². The summed E-state index contributed by atoms with van der Waals surface area (Å²) in [5.41, 5.74) is 4.84. The lowest BCUT2D eigenvalue weighted by atomic mass is 10.1. The van der Waals surface area contributed by atoms with Crippen molar-refractivity contribution in [3.8, 4) is 0 Å². The summed E-state index contributed by atoms with van der Waals surface area (Å²) in [6.07, 6.45) is 8.98. The van der Waals surface area contributed by atoms with Gasteiger partial charge in [0.15, 0.2) is 0 Å². The van der Waals surface area contributed by atoms with Gasteiger partial charge < -0.3 is 14.6 Å². The Labute approximate surface area is 143 Å². The van der Waals surface area contributed by atoms with Crippen molar-refractivity contribution >= 4 is 17.0 Å². The van der Waals surface area contributed by atoms with Crippen LogP contribution in [0.4, 0.5) is 0 Å². The van der Waals surface area contributed by atoms with Crippen LogP contribution in [-0.2, 0) is 16.1 Å². The minimum atomic E-state index is -0.131. The number of methoxy groups -OCH3 is 1. The molecule has 2 heterocycles. The van der Waals surface area contributed by atoms with E-state index < -0.39 is 0 Å². The Kier molecular flexibility index (Phi) is 5.19. The first-order valence-corrected chi connectivity index (χ1v) is 8.87. The van der Waals surface area contributed by atoms with Crippen molar-refractivity contribution in [2.24, 2.45) is 0 Å². The lowest BCUT2D eigenvalue weighted by Gasteiger charge is -2.11. The summed E-state index contributed by atoms with van der Waals surface area (Å²) < 4.78 is 7.01. The van der Waals surface area contributed by atoms with E-state index in [0.29, 0.717) is 18.5 Å². The summed E-state index contributed by atoms with van der Waals surface area (Å²) in [4.78, 5) is 15.9. The van der Waals surface area contributed by atoms with Crippen LogP contribution in [0.5, 0.6) is 0 Å². The molecule has 1 atom stereocenters. The first-order chi connectivity index (χ1) is 11.6. The number of pyridine rings is 1. The van der Waals surface area contributed by atoms with Crippen molar-refractivity contribution in [1.82, 2.24) is 14.9 Å². The highest BCUT2D eigenvalue weighted by atomic mass is 16.5. The number of unbranched alkanes of at least 4 members (excludes halogenated alkanes) is 1. The zero-order chi connectivity index (χ0) is 17.1. The zero-order valence-corrected chi connectivity index (χ0v) is 14.8. The van der Waals surface area contributed by atoms with E-state index >= 15 is 0 Å². The molecule has 1 unspecified atom stereocenters. The first-order valence-electron chi connectivity index (χ1n) is 8.87. The average molecular weight is 329 g/mol. The van der Waals surface area contributed by atoms with Gasteiger partial charge in [-0.25, -0.2) is 0 Å². The molecule has 2 aromatic rings. The number of rotatable bonds is 8. The van der Waals surface area contributed by atoms with Gasteiger partial charge in [0.2, 0.25) is 0 Å². The highest BCUT2D eigenvalue weighted by Gasteiger charge is 2.25. The number of ether oxygens (including phenoxy) is 1. The average Bonchev–Trinajstić information content (AvgIpc) is 3.30. The molecule has 0 saturated heterocycles. The van der Waals surface area contributed by atoms with Crippen LogP contribution in [0.25, 0.3) is 11.0 Å². The molecule has 0 aromatic carbocycles. The van der Waals surface area contributed by atoms with E-state index in [4.69, 9.17) is 4.74 Å². The SMILES string of the molecule is COC(=O)CCCCn1cc(C(C)NC2CC2)c2nccc(C)c21. The second-order valence-electron chi connectivity index (χ2n) is 6.80. The van der Waals surface area contributed by atoms with E-state index in [1.165, 1.54) is 36.6 Å². The fraction of sp³-hybridized carbons (Fsp3) is 0.579. The zero-order valence-electron chi connectivity index (χ0n) is 14.8. The van der Waals surface area contributed by atoms with E-state index in [9.17, 15) is 4.79 Å². The molecule has 0 amide bonds. The molecule has 0 aliphatic heterocycles. The third-order valence-electron chi connectivity index (χ3n) is 4.77. The van der Waals surface area contributed by atoms with E-state index in [0.717, 1.165) is 24.9 Å². The minimum absolute atomic E-state index is 0.131. The summed E-state index contributed by atoms with van der Waals surface area (Å²) in [6.45, 7) is 5.26. The van der Waals surface area contributed by atoms with Crippen molar-refractivity contribution in [3.63, 3.8) is 0 Å². The molecule has 5 heteroatoms. The number of nitrogens with zero attached hydrogens (tertiary/aromatic N) is 2. The van der Waals surface area contributed by atoms with Crippen LogP contribution < -0.4 is 5.32 Å². The second-order valence-corrected chi connectivity index (χ2v) is 6.80. The van der Waals surface area contributed by atoms with Crippen molar-refractivity contribution < 1.29 is 9.53 Å². The van der Waals surface area contributed by atoms with Gasteiger partial charge in [0.1, 0.15) is 0 Å². The van der Waals surface area contributed by atoms with E-state index in [1.807, 2.05) is 6.20 Å². The van der Waals surface area contributed by atoms with Crippen molar-refractivity contribution in [3.05, 3.63) is 29.6 Å². The number of esters is 1. The van der Waals surface area contributed by atoms with Crippen LogP contribution >= 0.6 is 0 Å². The van der Waals surface area contributed by atoms with Crippen LogP contribution in [0.3, 0.4) is 0 Å². The molecule has 0 bridgehead atoms. The number of carbonyl (C=O) groups excluding carboxylic acids is 1. The number of fused-ring (bicyclic) bond motifs is 1. The van der Waals surface area contributed by atoms with Crippen LogP contribution in [0.15, 0.2) is 18.5 Å². The summed E-state index contributed by atoms with van der Waals surface area (Å²) in [7, 11) is 1.44. The predicted molar refractivity (Wildman–Crippen MR) is 94.9 cm³/mol.